The molecule has 0 aliphatic carbocycles. The van der Waals surface area contributed by atoms with Crippen molar-refractivity contribution < 1.29 is 4.42 Å². The van der Waals surface area contributed by atoms with Gasteiger partial charge in [-0.3, -0.25) is 4.40 Å². The fourth-order valence-corrected chi connectivity index (χ4v) is 4.03. The molecule has 1 unspecified atom stereocenters. The Hall–Kier alpha value is -1.71. The molecule has 4 aromatic rings. The molecule has 4 rings (SSSR count). The molecule has 0 saturated carbocycles. The molecule has 0 N–H and O–H groups in total. The van der Waals surface area contributed by atoms with Crippen molar-refractivity contribution >= 4 is 41.3 Å². The van der Waals surface area contributed by atoms with E-state index in [1.165, 1.54) is 19.3 Å². The van der Waals surface area contributed by atoms with Gasteiger partial charge in [0.2, 0.25) is 0 Å². The molecule has 23 heavy (non-hydrogen) atoms. The Bertz CT molecular complexity index is 969. The zero-order valence-electron chi connectivity index (χ0n) is 13.0. The van der Waals surface area contributed by atoms with E-state index in [4.69, 9.17) is 9.40 Å². The number of nitrogens with zero attached hydrogens (tertiary/aromatic N) is 3. The first kappa shape index (κ1) is 14.9. The second-order valence-corrected chi connectivity index (χ2v) is 7.21. The Morgan fingerprint density at radius 3 is 2.96 bits per heavy atom. The van der Waals surface area contributed by atoms with Crippen molar-refractivity contribution in [2.24, 2.45) is 0 Å². The summed E-state index contributed by atoms with van der Waals surface area (Å²) in [6, 6.07) is 8.17. The minimum Gasteiger partial charge on any atom is -0.459 e. The highest BCUT2D eigenvalue weighted by Crippen LogP contribution is 2.29. The molecule has 0 aromatic carbocycles. The summed E-state index contributed by atoms with van der Waals surface area (Å²) in [6.45, 7) is 2.21. The number of hydrogen-bond acceptors (Lipinski definition) is 4. The van der Waals surface area contributed by atoms with E-state index in [0.29, 0.717) is 0 Å². The zero-order chi connectivity index (χ0) is 15.8. The second kappa shape index (κ2) is 6.06. The average Bonchev–Trinajstić information content (AvgIpc) is 3.20. The number of thiazole rings is 1. The lowest BCUT2D eigenvalue weighted by Gasteiger charge is -1.95. The predicted molar refractivity (Wildman–Crippen MR) is 98.6 cm³/mol. The molecule has 0 saturated heterocycles. The fourth-order valence-electron chi connectivity index (χ4n) is 2.72. The Morgan fingerprint density at radius 2 is 2.09 bits per heavy atom. The summed E-state index contributed by atoms with van der Waals surface area (Å²) >= 11 is 1.60. The first-order valence-electron chi connectivity index (χ1n) is 7.88. The van der Waals surface area contributed by atoms with Gasteiger partial charge in [0.05, 0.1) is 11.0 Å². The summed E-state index contributed by atoms with van der Waals surface area (Å²) in [4.78, 5) is 11.2. The van der Waals surface area contributed by atoms with Crippen molar-refractivity contribution in [3.05, 3.63) is 36.2 Å². The lowest BCUT2D eigenvalue weighted by Crippen LogP contribution is -1.94. The Morgan fingerprint density at radius 1 is 1.17 bits per heavy atom. The van der Waals surface area contributed by atoms with Crippen molar-refractivity contribution in [1.82, 2.24) is 14.4 Å². The number of rotatable bonds is 5. The van der Waals surface area contributed by atoms with Gasteiger partial charge in [0.1, 0.15) is 16.3 Å². The maximum atomic E-state index is 5.96. The van der Waals surface area contributed by atoms with Gasteiger partial charge in [-0.1, -0.05) is 40.3 Å². The van der Waals surface area contributed by atoms with Crippen LogP contribution >= 0.6 is 20.6 Å². The van der Waals surface area contributed by atoms with E-state index in [1.807, 2.05) is 18.3 Å². The second-order valence-electron chi connectivity index (χ2n) is 5.66. The monoisotopic (exact) mass is 343 g/mol. The molecule has 4 heterocycles. The summed E-state index contributed by atoms with van der Waals surface area (Å²) in [5.41, 5.74) is 2.92. The summed E-state index contributed by atoms with van der Waals surface area (Å²) < 4.78 is 8.05. The van der Waals surface area contributed by atoms with Crippen molar-refractivity contribution in [1.29, 1.82) is 0 Å². The minimum absolute atomic E-state index is 0.844. The van der Waals surface area contributed by atoms with Crippen LogP contribution in [0.2, 0.25) is 0 Å². The first-order chi connectivity index (χ1) is 11.2. The summed E-state index contributed by atoms with van der Waals surface area (Å²) in [6.07, 6.45) is 6.68. The number of aryl methyl sites for hydroxylation is 1. The van der Waals surface area contributed by atoms with E-state index in [9.17, 15) is 0 Å². The topological polar surface area (TPSA) is 43.3 Å². The number of unbranched alkanes of at least 4 members (excludes halogenated alkanes) is 2. The highest BCUT2D eigenvalue weighted by Gasteiger charge is 2.13. The SMILES string of the molecule is CCCCCc1ccc(-c2cn3c(n2)sc2nc(P)ccc23)o1. The standard InChI is InChI=1S/C17H18N3OPS/c1-2-3-4-5-11-6-8-14(21-11)12-10-20-13-7-9-15(22)19-16(13)23-17(20)18-12/h6-10H,2-5,22H2,1H3. The maximum Gasteiger partial charge on any atom is 0.196 e. The van der Waals surface area contributed by atoms with Crippen LogP contribution in [-0.4, -0.2) is 14.4 Å². The number of hydrogen-bond donors (Lipinski definition) is 0. The molecule has 0 bridgehead atoms. The molecule has 0 radical (unpaired) electrons. The zero-order valence-corrected chi connectivity index (χ0v) is 14.9. The predicted octanol–water partition coefficient (Wildman–Crippen LogP) is 4.44. The molecule has 4 aromatic heterocycles. The molecule has 0 spiro atoms. The number of aromatic nitrogens is 3. The number of pyridine rings is 1. The maximum absolute atomic E-state index is 5.96. The van der Waals surface area contributed by atoms with Crippen LogP contribution in [0.1, 0.15) is 31.9 Å². The van der Waals surface area contributed by atoms with Gasteiger partial charge in [-0.15, -0.1) is 0 Å². The Labute approximate surface area is 140 Å². The van der Waals surface area contributed by atoms with Crippen LogP contribution in [0.5, 0.6) is 0 Å². The van der Waals surface area contributed by atoms with Gasteiger partial charge in [0, 0.05) is 12.6 Å². The normalized spacial score (nSPS) is 11.7. The molecule has 0 fully saturated rings. The van der Waals surface area contributed by atoms with Gasteiger partial charge in [0.15, 0.2) is 10.7 Å². The first-order valence-corrected chi connectivity index (χ1v) is 9.27. The Kier molecular flexibility index (Phi) is 3.92. The summed E-state index contributed by atoms with van der Waals surface area (Å²) in [5, 5.41) is 0. The van der Waals surface area contributed by atoms with Crippen molar-refractivity contribution in [2.45, 2.75) is 32.6 Å². The van der Waals surface area contributed by atoms with E-state index in [-0.39, 0.29) is 0 Å². The van der Waals surface area contributed by atoms with Crippen LogP contribution in [0.4, 0.5) is 0 Å². The third-order valence-electron chi connectivity index (χ3n) is 3.92. The van der Waals surface area contributed by atoms with E-state index >= 15 is 0 Å². The highest BCUT2D eigenvalue weighted by atomic mass is 32.1. The van der Waals surface area contributed by atoms with E-state index in [2.05, 4.69) is 37.7 Å². The summed E-state index contributed by atoms with van der Waals surface area (Å²) in [7, 11) is 2.63. The van der Waals surface area contributed by atoms with Gasteiger partial charge >= 0.3 is 0 Å². The van der Waals surface area contributed by atoms with E-state index in [1.54, 1.807) is 11.3 Å². The molecule has 4 nitrogen and oxygen atoms in total. The average molecular weight is 343 g/mol. The van der Waals surface area contributed by atoms with Crippen LogP contribution in [0.15, 0.2) is 34.9 Å². The van der Waals surface area contributed by atoms with Crippen LogP contribution in [-0.2, 0) is 6.42 Å². The highest BCUT2D eigenvalue weighted by molar-refractivity contribution is 7.27. The van der Waals surface area contributed by atoms with Gasteiger partial charge in [-0.05, 0) is 30.7 Å². The molecule has 0 amide bonds. The number of imidazole rings is 1. The molecule has 1 atom stereocenters. The quantitative estimate of drug-likeness (QED) is 0.397. The minimum atomic E-state index is 0.844. The summed E-state index contributed by atoms with van der Waals surface area (Å²) in [5.74, 6) is 1.89. The van der Waals surface area contributed by atoms with Gasteiger partial charge in [-0.2, -0.15) is 0 Å². The molecule has 0 aliphatic heterocycles. The lowest BCUT2D eigenvalue weighted by molar-refractivity contribution is 0.507. The molecule has 118 valence electrons. The van der Waals surface area contributed by atoms with E-state index < -0.39 is 0 Å². The van der Waals surface area contributed by atoms with Crippen LogP contribution in [0.3, 0.4) is 0 Å². The molecular formula is C17H18N3OPS. The van der Waals surface area contributed by atoms with Gasteiger partial charge < -0.3 is 4.42 Å². The van der Waals surface area contributed by atoms with Gasteiger partial charge in [0.25, 0.3) is 0 Å². The van der Waals surface area contributed by atoms with Crippen LogP contribution in [0, 0.1) is 0 Å². The van der Waals surface area contributed by atoms with Crippen LogP contribution < -0.4 is 5.44 Å². The van der Waals surface area contributed by atoms with Crippen LogP contribution in [0.25, 0.3) is 26.8 Å². The van der Waals surface area contributed by atoms with E-state index in [0.717, 1.165) is 44.4 Å². The number of furan rings is 1. The third kappa shape index (κ3) is 2.79. The number of fused-ring (bicyclic) bond motifs is 3. The Balaban J connectivity index is 1.66. The molecule has 0 aliphatic rings. The van der Waals surface area contributed by atoms with Crippen molar-refractivity contribution in [3.8, 4) is 11.5 Å². The fraction of sp³-hybridized carbons (Fsp3) is 0.294. The van der Waals surface area contributed by atoms with Gasteiger partial charge in [-0.25, -0.2) is 9.97 Å². The van der Waals surface area contributed by atoms with Crippen molar-refractivity contribution in [3.63, 3.8) is 0 Å². The van der Waals surface area contributed by atoms with Crippen molar-refractivity contribution in [2.75, 3.05) is 0 Å². The smallest absolute Gasteiger partial charge is 0.196 e. The molecular weight excluding hydrogens is 325 g/mol. The third-order valence-corrected chi connectivity index (χ3v) is 5.21. The lowest BCUT2D eigenvalue weighted by atomic mass is 10.2. The largest absolute Gasteiger partial charge is 0.459 e. The molecule has 6 heteroatoms.